The summed E-state index contributed by atoms with van der Waals surface area (Å²) >= 11 is 0. The van der Waals surface area contributed by atoms with Crippen molar-refractivity contribution < 1.29 is 23.5 Å². The molecule has 7 heteroatoms. The lowest BCUT2D eigenvalue weighted by molar-refractivity contribution is -0.140. The lowest BCUT2D eigenvalue weighted by Crippen LogP contribution is -2.54. The van der Waals surface area contributed by atoms with Gasteiger partial charge in [-0.3, -0.25) is 9.59 Å². The summed E-state index contributed by atoms with van der Waals surface area (Å²) in [6.07, 6.45) is 4.06. The van der Waals surface area contributed by atoms with E-state index >= 15 is 0 Å². The average Bonchev–Trinajstić information content (AvgIpc) is 2.99. The number of hydrogen-bond donors (Lipinski definition) is 2. The molecule has 2 N–H and O–H groups in total. The number of oxazole rings is 1. The number of nitrogens with zero attached hydrogens (tertiary/aromatic N) is 1. The van der Waals surface area contributed by atoms with Gasteiger partial charge in [0.05, 0.1) is 23.7 Å². The van der Waals surface area contributed by atoms with Crippen LogP contribution in [0.4, 0.5) is 4.39 Å². The number of nitrogens with one attached hydrogen (secondary N) is 1. The minimum absolute atomic E-state index is 0.0603. The third-order valence-electron chi connectivity index (χ3n) is 4.46. The Balaban J connectivity index is 1.56. The van der Waals surface area contributed by atoms with Crippen LogP contribution in [-0.4, -0.2) is 27.5 Å². The van der Waals surface area contributed by atoms with E-state index in [0.717, 1.165) is 6.42 Å². The minimum atomic E-state index is -0.915. The molecule has 0 radical (unpaired) electrons. The zero-order chi connectivity index (χ0) is 17.9. The van der Waals surface area contributed by atoms with Gasteiger partial charge in [-0.15, -0.1) is 0 Å². The van der Waals surface area contributed by atoms with E-state index in [9.17, 15) is 14.0 Å². The highest BCUT2D eigenvalue weighted by Crippen LogP contribution is 2.35. The van der Waals surface area contributed by atoms with Crippen LogP contribution in [-0.2, 0) is 16.0 Å². The van der Waals surface area contributed by atoms with E-state index in [0.29, 0.717) is 30.1 Å². The van der Waals surface area contributed by atoms with Gasteiger partial charge in [0.1, 0.15) is 5.82 Å². The number of aryl methyl sites for hydroxylation is 1. The van der Waals surface area contributed by atoms with E-state index in [1.165, 1.54) is 12.3 Å². The number of aromatic nitrogens is 1. The lowest BCUT2D eigenvalue weighted by atomic mass is 9.74. The van der Waals surface area contributed by atoms with E-state index in [2.05, 4.69) is 10.3 Å². The van der Waals surface area contributed by atoms with Crippen LogP contribution in [0.3, 0.4) is 0 Å². The van der Waals surface area contributed by atoms with Crippen molar-refractivity contribution in [2.75, 3.05) is 0 Å². The predicted molar refractivity (Wildman–Crippen MR) is 87.2 cm³/mol. The molecule has 2 aromatic rings. The Labute approximate surface area is 144 Å². The van der Waals surface area contributed by atoms with Gasteiger partial charge in [-0.05, 0) is 31.4 Å². The molecule has 1 aliphatic carbocycles. The Morgan fingerprint density at radius 3 is 2.72 bits per heavy atom. The zero-order valence-corrected chi connectivity index (χ0v) is 13.6. The van der Waals surface area contributed by atoms with Gasteiger partial charge in [-0.1, -0.05) is 12.1 Å². The molecule has 1 saturated carbocycles. The molecule has 1 amide bonds. The number of rotatable bonds is 7. The van der Waals surface area contributed by atoms with Crippen molar-refractivity contribution in [1.29, 1.82) is 0 Å². The molecule has 132 valence electrons. The number of carboxylic acids is 1. The normalized spacial score (nSPS) is 15.4. The van der Waals surface area contributed by atoms with Crippen molar-refractivity contribution >= 4 is 11.9 Å². The fraction of sp³-hybridized carbons (Fsp3) is 0.389. The van der Waals surface area contributed by atoms with E-state index in [1.807, 2.05) is 0 Å². The Bertz CT molecular complexity index is 783. The smallest absolute Gasteiger partial charge is 0.305 e. The van der Waals surface area contributed by atoms with Crippen LogP contribution in [0.25, 0.3) is 11.3 Å². The van der Waals surface area contributed by atoms with Crippen LogP contribution in [0.15, 0.2) is 34.9 Å². The van der Waals surface area contributed by atoms with Gasteiger partial charge in [-0.2, -0.15) is 0 Å². The SMILES string of the molecule is O=C(O)CC1(NC(=O)CCc2ncc(-c3ccccc3F)o2)CCC1. The summed E-state index contributed by atoms with van der Waals surface area (Å²) in [6.45, 7) is 0. The maximum atomic E-state index is 13.7. The monoisotopic (exact) mass is 346 g/mol. The predicted octanol–water partition coefficient (Wildman–Crippen LogP) is 2.93. The second kappa shape index (κ2) is 7.04. The first-order valence-electron chi connectivity index (χ1n) is 8.20. The van der Waals surface area contributed by atoms with Gasteiger partial charge >= 0.3 is 5.97 Å². The highest BCUT2D eigenvalue weighted by molar-refractivity contribution is 5.78. The standard InChI is InChI=1S/C18H19FN2O4/c19-13-5-2-1-4-12(13)14-11-20-16(25-14)7-6-15(22)21-18(8-3-9-18)10-17(23)24/h1-2,4-5,11H,3,6-10H2,(H,21,22)(H,23,24). The Morgan fingerprint density at radius 1 is 1.32 bits per heavy atom. The van der Waals surface area contributed by atoms with Gasteiger partial charge < -0.3 is 14.8 Å². The van der Waals surface area contributed by atoms with Crippen molar-refractivity contribution in [3.8, 4) is 11.3 Å². The fourth-order valence-corrected chi connectivity index (χ4v) is 3.03. The summed E-state index contributed by atoms with van der Waals surface area (Å²) in [4.78, 5) is 27.1. The molecule has 3 rings (SSSR count). The number of carboxylic acid groups (broad SMARTS) is 1. The summed E-state index contributed by atoms with van der Waals surface area (Å²) in [6, 6.07) is 6.23. The maximum absolute atomic E-state index is 13.7. The van der Waals surface area contributed by atoms with E-state index < -0.39 is 17.3 Å². The molecule has 1 aliphatic rings. The van der Waals surface area contributed by atoms with Crippen molar-refractivity contribution in [1.82, 2.24) is 10.3 Å². The number of benzene rings is 1. The Morgan fingerprint density at radius 2 is 2.08 bits per heavy atom. The van der Waals surface area contributed by atoms with Crippen molar-refractivity contribution in [2.24, 2.45) is 0 Å². The molecule has 1 fully saturated rings. The topological polar surface area (TPSA) is 92.4 Å². The summed E-state index contributed by atoms with van der Waals surface area (Å²) < 4.78 is 19.2. The van der Waals surface area contributed by atoms with Crippen molar-refractivity contribution in [3.63, 3.8) is 0 Å². The third-order valence-corrected chi connectivity index (χ3v) is 4.46. The van der Waals surface area contributed by atoms with E-state index in [-0.39, 0.29) is 25.2 Å². The second-order valence-electron chi connectivity index (χ2n) is 6.35. The molecule has 0 unspecified atom stereocenters. The molecule has 1 aromatic carbocycles. The summed E-state index contributed by atoms with van der Waals surface area (Å²) in [5, 5.41) is 11.8. The average molecular weight is 346 g/mol. The lowest BCUT2D eigenvalue weighted by Gasteiger charge is -2.41. The Hall–Kier alpha value is -2.70. The number of carbonyl (C=O) groups is 2. The third kappa shape index (κ3) is 4.04. The van der Waals surface area contributed by atoms with Crippen LogP contribution in [0.1, 0.15) is 38.0 Å². The van der Waals surface area contributed by atoms with Crippen LogP contribution >= 0.6 is 0 Å². The van der Waals surface area contributed by atoms with Gasteiger partial charge in [0.15, 0.2) is 11.7 Å². The minimum Gasteiger partial charge on any atom is -0.481 e. The zero-order valence-electron chi connectivity index (χ0n) is 13.6. The molecule has 0 bridgehead atoms. The highest BCUT2D eigenvalue weighted by Gasteiger charge is 2.40. The van der Waals surface area contributed by atoms with Crippen molar-refractivity contribution in [3.05, 3.63) is 42.2 Å². The molecule has 0 spiro atoms. The molecule has 1 heterocycles. The first kappa shape index (κ1) is 17.1. The second-order valence-corrected chi connectivity index (χ2v) is 6.35. The number of hydrogen-bond acceptors (Lipinski definition) is 4. The maximum Gasteiger partial charge on any atom is 0.305 e. The number of carbonyl (C=O) groups excluding carboxylic acids is 1. The quantitative estimate of drug-likeness (QED) is 0.804. The molecule has 6 nitrogen and oxygen atoms in total. The number of halogens is 1. The van der Waals surface area contributed by atoms with Gasteiger partial charge in [0.25, 0.3) is 0 Å². The first-order chi connectivity index (χ1) is 12.0. The van der Waals surface area contributed by atoms with Crippen LogP contribution in [0.5, 0.6) is 0 Å². The van der Waals surface area contributed by atoms with Crippen LogP contribution in [0.2, 0.25) is 0 Å². The van der Waals surface area contributed by atoms with Gasteiger partial charge in [0, 0.05) is 12.8 Å². The van der Waals surface area contributed by atoms with Crippen LogP contribution < -0.4 is 5.32 Å². The van der Waals surface area contributed by atoms with E-state index in [1.54, 1.807) is 18.2 Å². The van der Waals surface area contributed by atoms with E-state index in [4.69, 9.17) is 9.52 Å². The highest BCUT2D eigenvalue weighted by atomic mass is 19.1. The molecule has 25 heavy (non-hydrogen) atoms. The molecular weight excluding hydrogens is 327 g/mol. The summed E-state index contributed by atoms with van der Waals surface area (Å²) in [7, 11) is 0. The first-order valence-corrected chi connectivity index (χ1v) is 8.20. The Kier molecular flexibility index (Phi) is 4.83. The summed E-state index contributed by atoms with van der Waals surface area (Å²) in [5.41, 5.74) is -0.293. The molecule has 1 aromatic heterocycles. The molecule has 0 saturated heterocycles. The summed E-state index contributed by atoms with van der Waals surface area (Å²) in [5.74, 6) is -0.887. The number of amides is 1. The fourth-order valence-electron chi connectivity index (χ4n) is 3.03. The largest absolute Gasteiger partial charge is 0.481 e. The van der Waals surface area contributed by atoms with Crippen molar-refractivity contribution in [2.45, 2.75) is 44.1 Å². The molecular formula is C18H19FN2O4. The van der Waals surface area contributed by atoms with Crippen LogP contribution in [0, 0.1) is 5.82 Å². The number of aliphatic carboxylic acids is 1. The molecule has 0 aliphatic heterocycles. The van der Waals surface area contributed by atoms with Gasteiger partial charge in [0.2, 0.25) is 5.91 Å². The van der Waals surface area contributed by atoms with Gasteiger partial charge in [-0.25, -0.2) is 9.37 Å². The molecule has 0 atom stereocenters.